The molecule has 0 aromatic heterocycles. The van der Waals surface area contributed by atoms with Crippen LogP contribution in [0.25, 0.3) is 0 Å². The second kappa shape index (κ2) is 8.15. The van der Waals surface area contributed by atoms with Crippen molar-refractivity contribution in [3.05, 3.63) is 95.1 Å². The van der Waals surface area contributed by atoms with Crippen molar-refractivity contribution in [1.29, 1.82) is 0 Å². The molecule has 0 saturated heterocycles. The van der Waals surface area contributed by atoms with Crippen LogP contribution >= 0.6 is 0 Å². The van der Waals surface area contributed by atoms with Crippen LogP contribution in [0.3, 0.4) is 0 Å². The number of benzene rings is 3. The first-order valence-corrected chi connectivity index (χ1v) is 12.8. The number of fused-ring (bicyclic) bond motifs is 1. The van der Waals surface area contributed by atoms with Gasteiger partial charge in [0.1, 0.15) is 0 Å². The molecule has 0 spiro atoms. The van der Waals surface area contributed by atoms with Gasteiger partial charge in [-0.05, 0) is 0 Å². The Balaban J connectivity index is 1.65. The SMILES string of the molecule is Cc1ccc(S(=O)(=O)/N=C2\O[C@@H](C[Se]c3ccccc3)c3cc(C)ccc32)cc1. The van der Waals surface area contributed by atoms with Crippen LogP contribution in [-0.2, 0) is 14.8 Å². The molecule has 148 valence electrons. The molecule has 4 nitrogen and oxygen atoms in total. The molecule has 0 saturated carbocycles. The summed E-state index contributed by atoms with van der Waals surface area (Å²) >= 11 is 0.220. The van der Waals surface area contributed by atoms with E-state index in [1.807, 2.05) is 44.2 Å². The monoisotopic (exact) mass is 471 g/mol. The van der Waals surface area contributed by atoms with Gasteiger partial charge in [-0.3, -0.25) is 0 Å². The molecule has 1 atom stereocenters. The van der Waals surface area contributed by atoms with E-state index < -0.39 is 10.0 Å². The number of rotatable bonds is 5. The van der Waals surface area contributed by atoms with Crippen LogP contribution in [0.15, 0.2) is 82.1 Å². The van der Waals surface area contributed by atoms with Gasteiger partial charge in [0.05, 0.1) is 0 Å². The summed E-state index contributed by atoms with van der Waals surface area (Å²) < 4.78 is 37.0. The second-order valence-corrected chi connectivity index (χ2v) is 10.9. The Hall–Kier alpha value is -2.40. The minimum atomic E-state index is -3.84. The minimum absolute atomic E-state index is 0.171. The normalized spacial score (nSPS) is 17.2. The predicted molar refractivity (Wildman–Crippen MR) is 117 cm³/mol. The van der Waals surface area contributed by atoms with Crippen molar-refractivity contribution in [2.75, 3.05) is 0 Å². The van der Waals surface area contributed by atoms with E-state index in [1.54, 1.807) is 24.3 Å². The third kappa shape index (κ3) is 4.45. The van der Waals surface area contributed by atoms with Crippen LogP contribution in [0.2, 0.25) is 5.32 Å². The number of nitrogens with zero attached hydrogens (tertiary/aromatic N) is 1. The quantitative estimate of drug-likeness (QED) is 0.531. The average Bonchev–Trinajstić information content (AvgIpc) is 3.03. The first-order valence-electron chi connectivity index (χ1n) is 9.29. The van der Waals surface area contributed by atoms with Gasteiger partial charge in [-0.15, -0.1) is 0 Å². The van der Waals surface area contributed by atoms with Crippen LogP contribution in [0.1, 0.15) is 28.4 Å². The van der Waals surface area contributed by atoms with E-state index in [2.05, 4.69) is 22.6 Å². The molecule has 1 aliphatic rings. The first-order chi connectivity index (χ1) is 13.9. The van der Waals surface area contributed by atoms with Crippen molar-refractivity contribution in [2.45, 2.75) is 30.2 Å². The summed E-state index contributed by atoms with van der Waals surface area (Å²) in [6.45, 7) is 3.94. The molecule has 1 heterocycles. The fourth-order valence-corrected chi connectivity index (χ4v) is 6.08. The van der Waals surface area contributed by atoms with Crippen LogP contribution in [-0.4, -0.2) is 29.3 Å². The zero-order chi connectivity index (χ0) is 20.4. The Morgan fingerprint density at radius 3 is 2.34 bits per heavy atom. The van der Waals surface area contributed by atoms with Gasteiger partial charge in [-0.25, -0.2) is 0 Å². The van der Waals surface area contributed by atoms with Crippen molar-refractivity contribution in [3.63, 3.8) is 0 Å². The standard InChI is InChI=1S/C23H21NO3SSe/c1-16-8-11-18(12-9-16)28(25,26)24-23-20-13-10-17(2)14-21(20)22(27-23)15-29-19-6-4-3-5-7-19/h3-14,22H,15H2,1-2H3/b24-23-/t22-/m0/s1. The number of hydrogen-bond donors (Lipinski definition) is 0. The van der Waals surface area contributed by atoms with Gasteiger partial charge in [-0.2, -0.15) is 0 Å². The summed E-state index contributed by atoms with van der Waals surface area (Å²) in [7, 11) is -3.84. The summed E-state index contributed by atoms with van der Waals surface area (Å²) in [5.74, 6) is 0.189. The number of hydrogen-bond acceptors (Lipinski definition) is 3. The molecule has 0 amide bonds. The molecular weight excluding hydrogens is 449 g/mol. The second-order valence-electron chi connectivity index (χ2n) is 7.01. The molecule has 0 bridgehead atoms. The van der Waals surface area contributed by atoms with E-state index in [1.165, 1.54) is 4.46 Å². The van der Waals surface area contributed by atoms with Gasteiger partial charge in [0, 0.05) is 0 Å². The van der Waals surface area contributed by atoms with Crippen LogP contribution in [0.5, 0.6) is 0 Å². The van der Waals surface area contributed by atoms with E-state index in [-0.39, 0.29) is 31.9 Å². The molecule has 0 unspecified atom stereocenters. The zero-order valence-electron chi connectivity index (χ0n) is 16.2. The fourth-order valence-electron chi connectivity index (χ4n) is 3.16. The maximum atomic E-state index is 12.8. The summed E-state index contributed by atoms with van der Waals surface area (Å²) in [5, 5.41) is 0.817. The molecule has 0 aliphatic carbocycles. The van der Waals surface area contributed by atoms with Gasteiger partial charge in [0.15, 0.2) is 0 Å². The van der Waals surface area contributed by atoms with Gasteiger partial charge >= 0.3 is 178 Å². The maximum absolute atomic E-state index is 12.8. The topological polar surface area (TPSA) is 55.7 Å². The number of ether oxygens (including phenoxy) is 1. The van der Waals surface area contributed by atoms with Gasteiger partial charge in [0.2, 0.25) is 0 Å². The third-order valence-corrected chi connectivity index (χ3v) is 8.23. The van der Waals surface area contributed by atoms with Crippen molar-refractivity contribution in [2.24, 2.45) is 4.40 Å². The van der Waals surface area contributed by atoms with Crippen molar-refractivity contribution in [3.8, 4) is 0 Å². The number of sulfonamides is 1. The summed E-state index contributed by atoms with van der Waals surface area (Å²) in [6.07, 6.45) is -0.183. The van der Waals surface area contributed by atoms with Crippen LogP contribution < -0.4 is 4.46 Å². The van der Waals surface area contributed by atoms with E-state index in [0.29, 0.717) is 0 Å². The Labute approximate surface area is 177 Å². The van der Waals surface area contributed by atoms with E-state index in [0.717, 1.165) is 27.6 Å². The Bertz CT molecular complexity index is 1160. The molecule has 0 fully saturated rings. The number of aryl methyl sites for hydroxylation is 2. The summed E-state index contributed by atoms with van der Waals surface area (Å²) in [6, 6.07) is 22.9. The molecule has 4 rings (SSSR count). The van der Waals surface area contributed by atoms with Crippen LogP contribution in [0.4, 0.5) is 0 Å². The van der Waals surface area contributed by atoms with Gasteiger partial charge in [-0.1, -0.05) is 0 Å². The predicted octanol–water partition coefficient (Wildman–Crippen LogP) is 3.96. The first kappa shape index (κ1) is 19.9. The Kier molecular flexibility index (Phi) is 5.59. The third-order valence-electron chi connectivity index (χ3n) is 4.70. The van der Waals surface area contributed by atoms with Crippen molar-refractivity contribution >= 4 is 35.3 Å². The molecule has 1 aliphatic heterocycles. The van der Waals surface area contributed by atoms with E-state index >= 15 is 0 Å². The molecule has 29 heavy (non-hydrogen) atoms. The van der Waals surface area contributed by atoms with Gasteiger partial charge in [0.25, 0.3) is 0 Å². The van der Waals surface area contributed by atoms with Gasteiger partial charge < -0.3 is 0 Å². The summed E-state index contributed by atoms with van der Waals surface area (Å²) in [5.41, 5.74) is 3.89. The van der Waals surface area contributed by atoms with E-state index in [9.17, 15) is 8.42 Å². The zero-order valence-corrected chi connectivity index (χ0v) is 18.7. The van der Waals surface area contributed by atoms with Crippen molar-refractivity contribution in [1.82, 2.24) is 0 Å². The fraction of sp³-hybridized carbons (Fsp3) is 0.174. The Morgan fingerprint density at radius 1 is 0.931 bits per heavy atom. The molecule has 3 aromatic carbocycles. The molecular formula is C23H21NO3SSe. The molecule has 0 radical (unpaired) electrons. The average molecular weight is 470 g/mol. The van der Waals surface area contributed by atoms with E-state index in [4.69, 9.17) is 4.74 Å². The molecule has 0 N–H and O–H groups in total. The summed E-state index contributed by atoms with van der Waals surface area (Å²) in [4.78, 5) is 0.171. The molecule has 6 heteroatoms. The molecule has 3 aromatic rings. The Morgan fingerprint density at radius 2 is 1.62 bits per heavy atom. The van der Waals surface area contributed by atoms with Crippen LogP contribution in [0, 0.1) is 13.8 Å². The van der Waals surface area contributed by atoms with Crippen molar-refractivity contribution < 1.29 is 13.2 Å².